The highest BCUT2D eigenvalue weighted by Gasteiger charge is 2.52. The van der Waals surface area contributed by atoms with E-state index in [-0.39, 0.29) is 11.3 Å². The number of carbonyl (C=O) groups is 1. The Kier molecular flexibility index (Phi) is 5.38. The summed E-state index contributed by atoms with van der Waals surface area (Å²) in [6.07, 6.45) is 7.04. The lowest BCUT2D eigenvalue weighted by Crippen LogP contribution is -2.39. The lowest BCUT2D eigenvalue weighted by molar-refractivity contribution is -0.130. The van der Waals surface area contributed by atoms with Crippen molar-refractivity contribution in [3.05, 3.63) is 30.3 Å². The molecule has 1 aromatic rings. The van der Waals surface area contributed by atoms with Gasteiger partial charge in [-0.1, -0.05) is 32.0 Å². The maximum absolute atomic E-state index is 12.6. The third-order valence-electron chi connectivity index (χ3n) is 6.84. The standard InChI is InChI=1S/C21H31NO2S/c1-16(8-7-15-25(22,24)17-9-4-3-5-10-17)18-12-13-19-20(23)11-6-14-21(18,19)2/h3-5,9-10,16,18-19,22H,6-8,11-15H2,1-2H3/t16-,18?,19+,21-,25?/m1/s1. The quantitative estimate of drug-likeness (QED) is 0.748. The molecule has 0 bridgehead atoms. The molecule has 0 spiro atoms. The first-order valence-corrected chi connectivity index (χ1v) is 11.4. The lowest BCUT2D eigenvalue weighted by atomic mass is 9.62. The number of fused-ring (bicyclic) bond motifs is 1. The minimum Gasteiger partial charge on any atom is -0.299 e. The van der Waals surface area contributed by atoms with Crippen LogP contribution in [-0.2, 0) is 14.5 Å². The van der Waals surface area contributed by atoms with E-state index in [0.717, 1.165) is 38.5 Å². The second kappa shape index (κ2) is 7.22. The molecule has 138 valence electrons. The van der Waals surface area contributed by atoms with Gasteiger partial charge in [0.15, 0.2) is 0 Å². The molecular formula is C21H31NO2S. The average molecular weight is 362 g/mol. The minimum absolute atomic E-state index is 0.177. The second-order valence-corrected chi connectivity index (χ2v) is 10.6. The molecule has 2 aliphatic carbocycles. The number of Topliss-reactive ketones (excluding diaryl/α,β-unsaturated/α-hetero) is 1. The van der Waals surface area contributed by atoms with E-state index in [4.69, 9.17) is 4.78 Å². The van der Waals surface area contributed by atoms with Crippen molar-refractivity contribution in [2.75, 3.05) is 5.75 Å². The molecule has 1 aromatic carbocycles. The summed E-state index contributed by atoms with van der Waals surface area (Å²) in [5.41, 5.74) is 0.177. The predicted octanol–water partition coefficient (Wildman–Crippen LogP) is 5.29. The van der Waals surface area contributed by atoms with Gasteiger partial charge in [0.2, 0.25) is 0 Å². The van der Waals surface area contributed by atoms with E-state index in [0.29, 0.717) is 28.3 Å². The number of rotatable bonds is 6. The summed E-state index contributed by atoms with van der Waals surface area (Å²) in [6, 6.07) is 9.20. The molecule has 0 aliphatic heterocycles. The Morgan fingerprint density at radius 2 is 2.00 bits per heavy atom. The molecule has 0 heterocycles. The molecule has 1 N–H and O–H groups in total. The van der Waals surface area contributed by atoms with Crippen molar-refractivity contribution in [3.63, 3.8) is 0 Å². The van der Waals surface area contributed by atoms with Gasteiger partial charge in [-0.3, -0.25) is 4.79 Å². The summed E-state index contributed by atoms with van der Waals surface area (Å²) in [7, 11) is -2.68. The average Bonchev–Trinajstić information content (AvgIpc) is 2.94. The zero-order valence-corrected chi connectivity index (χ0v) is 16.3. The van der Waals surface area contributed by atoms with Crippen LogP contribution in [0.25, 0.3) is 0 Å². The van der Waals surface area contributed by atoms with Crippen LogP contribution in [0.4, 0.5) is 0 Å². The number of ketones is 1. The van der Waals surface area contributed by atoms with E-state index in [1.54, 1.807) is 12.1 Å². The zero-order valence-electron chi connectivity index (χ0n) is 15.5. The van der Waals surface area contributed by atoms with Crippen LogP contribution in [0.3, 0.4) is 0 Å². The largest absolute Gasteiger partial charge is 0.299 e. The predicted molar refractivity (Wildman–Crippen MR) is 102 cm³/mol. The van der Waals surface area contributed by atoms with Gasteiger partial charge in [-0.15, -0.1) is 0 Å². The van der Waals surface area contributed by atoms with Crippen molar-refractivity contribution in [2.45, 2.75) is 63.7 Å². The maximum atomic E-state index is 12.6. The number of benzene rings is 1. The summed E-state index contributed by atoms with van der Waals surface area (Å²) in [6.45, 7) is 4.63. The normalized spacial score (nSPS) is 32.8. The number of hydrogen-bond acceptors (Lipinski definition) is 3. The van der Waals surface area contributed by atoms with Crippen LogP contribution in [0.5, 0.6) is 0 Å². The van der Waals surface area contributed by atoms with Crippen LogP contribution in [0, 0.1) is 27.9 Å². The van der Waals surface area contributed by atoms with Gasteiger partial charge in [0.25, 0.3) is 0 Å². The van der Waals surface area contributed by atoms with E-state index in [1.807, 2.05) is 18.2 Å². The van der Waals surface area contributed by atoms with E-state index < -0.39 is 9.73 Å². The summed E-state index contributed by atoms with van der Waals surface area (Å²) in [4.78, 5) is 12.9. The van der Waals surface area contributed by atoms with Crippen LogP contribution in [0.1, 0.15) is 58.8 Å². The molecule has 2 saturated carbocycles. The number of carbonyl (C=O) groups excluding carboxylic acids is 1. The van der Waals surface area contributed by atoms with Gasteiger partial charge in [0.05, 0.1) is 9.73 Å². The first-order chi connectivity index (χ1) is 11.8. The fourth-order valence-corrected chi connectivity index (χ4v) is 6.88. The molecule has 25 heavy (non-hydrogen) atoms. The first-order valence-electron chi connectivity index (χ1n) is 9.69. The van der Waals surface area contributed by atoms with Crippen LogP contribution >= 0.6 is 0 Å². The monoisotopic (exact) mass is 361 g/mol. The molecule has 2 unspecified atom stereocenters. The van der Waals surface area contributed by atoms with Gasteiger partial charge in [0, 0.05) is 23.0 Å². The molecule has 3 rings (SSSR count). The maximum Gasteiger partial charge on any atom is 0.136 e. The molecule has 2 fully saturated rings. The highest BCUT2D eigenvalue weighted by atomic mass is 32.2. The fraction of sp³-hybridized carbons (Fsp3) is 0.667. The molecule has 2 aliphatic rings. The second-order valence-electron chi connectivity index (χ2n) is 8.37. The van der Waals surface area contributed by atoms with E-state index in [9.17, 15) is 9.00 Å². The van der Waals surface area contributed by atoms with Crippen molar-refractivity contribution in [1.82, 2.24) is 0 Å². The Morgan fingerprint density at radius 1 is 1.28 bits per heavy atom. The van der Waals surface area contributed by atoms with Gasteiger partial charge < -0.3 is 0 Å². The van der Waals surface area contributed by atoms with Gasteiger partial charge in [-0.2, -0.15) is 0 Å². The first kappa shape index (κ1) is 18.6. The number of hydrogen-bond donors (Lipinski definition) is 1. The summed E-state index contributed by atoms with van der Waals surface area (Å²) < 4.78 is 20.9. The Morgan fingerprint density at radius 3 is 2.72 bits per heavy atom. The molecule has 0 radical (unpaired) electrons. The Bertz CT molecular complexity index is 713. The molecule has 3 nitrogen and oxygen atoms in total. The fourth-order valence-electron chi connectivity index (χ4n) is 5.47. The molecule has 5 atom stereocenters. The van der Waals surface area contributed by atoms with Crippen molar-refractivity contribution in [3.8, 4) is 0 Å². The van der Waals surface area contributed by atoms with Gasteiger partial charge in [-0.05, 0) is 67.9 Å². The van der Waals surface area contributed by atoms with E-state index >= 15 is 0 Å². The van der Waals surface area contributed by atoms with Crippen molar-refractivity contribution in [1.29, 1.82) is 4.78 Å². The lowest BCUT2D eigenvalue weighted by Gasteiger charge is -2.42. The topological polar surface area (TPSA) is 58.0 Å². The van der Waals surface area contributed by atoms with Crippen molar-refractivity contribution in [2.24, 2.45) is 23.2 Å². The summed E-state index contributed by atoms with van der Waals surface area (Å²) >= 11 is 0. The smallest absolute Gasteiger partial charge is 0.136 e. The van der Waals surface area contributed by atoms with Gasteiger partial charge >= 0.3 is 0 Å². The third kappa shape index (κ3) is 3.69. The summed E-state index contributed by atoms with van der Waals surface area (Å²) in [5.74, 6) is 2.33. The van der Waals surface area contributed by atoms with Gasteiger partial charge in [-0.25, -0.2) is 8.99 Å². The van der Waals surface area contributed by atoms with Crippen molar-refractivity contribution < 1.29 is 9.00 Å². The minimum atomic E-state index is -2.68. The molecule has 4 heteroatoms. The molecule has 0 saturated heterocycles. The van der Waals surface area contributed by atoms with Crippen molar-refractivity contribution >= 4 is 15.5 Å². The molecular weight excluding hydrogens is 330 g/mol. The number of nitrogens with one attached hydrogen (secondary N) is 1. The van der Waals surface area contributed by atoms with E-state index in [2.05, 4.69) is 13.8 Å². The Hall–Kier alpha value is -1.16. The SMILES string of the molecule is C[C@H](CCCS(=N)(=O)c1ccccc1)C1CC[C@H]2C(=O)CCC[C@]12C. The van der Waals surface area contributed by atoms with Crippen LogP contribution in [0.2, 0.25) is 0 Å². The molecule has 0 amide bonds. The zero-order chi connectivity index (χ0) is 18.1. The highest BCUT2D eigenvalue weighted by Crippen LogP contribution is 2.57. The third-order valence-corrected chi connectivity index (χ3v) is 8.74. The van der Waals surface area contributed by atoms with Crippen LogP contribution in [0.15, 0.2) is 35.2 Å². The van der Waals surface area contributed by atoms with Crippen LogP contribution < -0.4 is 0 Å². The highest BCUT2D eigenvalue weighted by molar-refractivity contribution is 7.92. The Labute approximate surface area is 152 Å². The summed E-state index contributed by atoms with van der Waals surface area (Å²) in [5, 5.41) is 0. The van der Waals surface area contributed by atoms with Crippen LogP contribution in [-0.4, -0.2) is 15.7 Å². The molecule has 0 aromatic heterocycles. The Balaban J connectivity index is 1.58. The van der Waals surface area contributed by atoms with E-state index in [1.165, 1.54) is 6.42 Å². The van der Waals surface area contributed by atoms with Gasteiger partial charge in [0.1, 0.15) is 5.78 Å².